The lowest BCUT2D eigenvalue weighted by Gasteiger charge is -2.21. The van der Waals surface area contributed by atoms with Crippen molar-refractivity contribution in [1.82, 2.24) is 0 Å². The van der Waals surface area contributed by atoms with Crippen LogP contribution >= 0.6 is 7.82 Å². The Morgan fingerprint density at radius 3 is 1.13 bits per heavy atom. The van der Waals surface area contributed by atoms with Gasteiger partial charge in [-0.25, -0.2) is 4.57 Å². The first-order valence-corrected chi connectivity index (χ1v) is 24.4. The molecular weight excluding hydrogens is 679 g/mol. The monoisotopic (exact) mass is 775 g/mol. The van der Waals surface area contributed by atoms with Crippen molar-refractivity contribution in [3.8, 4) is 0 Å². The van der Waals surface area contributed by atoms with Crippen LogP contribution in [0.5, 0.6) is 0 Å². The molecule has 8 atom stereocenters. The predicted octanol–water partition coefficient (Wildman–Crippen LogP) is 14.9. The first-order chi connectivity index (χ1) is 25.1. The zero-order valence-electron chi connectivity index (χ0n) is 37.5. The van der Waals surface area contributed by atoms with Crippen LogP contribution in [0.3, 0.4) is 0 Å². The molecule has 0 aromatic heterocycles. The van der Waals surface area contributed by atoms with Crippen LogP contribution in [0.25, 0.3) is 0 Å². The Balaban J connectivity index is 4.37. The molecule has 7 heteroatoms. The minimum Gasteiger partial charge on any atom is -0.379 e. The molecule has 0 amide bonds. The van der Waals surface area contributed by atoms with E-state index in [-0.39, 0.29) is 13.2 Å². The Morgan fingerprint density at radius 1 is 0.434 bits per heavy atom. The van der Waals surface area contributed by atoms with Crippen LogP contribution in [0.4, 0.5) is 0 Å². The van der Waals surface area contributed by atoms with Crippen LogP contribution in [-0.4, -0.2) is 44.0 Å². The fourth-order valence-electron chi connectivity index (χ4n) is 7.38. The van der Waals surface area contributed by atoms with Crippen LogP contribution in [0.2, 0.25) is 0 Å². The van der Waals surface area contributed by atoms with Crippen molar-refractivity contribution in [1.29, 1.82) is 0 Å². The zero-order valence-corrected chi connectivity index (χ0v) is 38.4. The van der Waals surface area contributed by atoms with E-state index in [0.717, 1.165) is 48.3 Å². The highest BCUT2D eigenvalue weighted by molar-refractivity contribution is 7.47. The average Bonchev–Trinajstić information content (AvgIpc) is 3.07. The van der Waals surface area contributed by atoms with E-state index >= 15 is 0 Å². The molecule has 0 aliphatic heterocycles. The zero-order chi connectivity index (χ0) is 39.9. The Bertz CT molecular complexity index is 837. The van der Waals surface area contributed by atoms with Crippen molar-refractivity contribution >= 4 is 7.82 Å². The van der Waals surface area contributed by atoms with Crippen LogP contribution in [-0.2, 0) is 23.1 Å². The van der Waals surface area contributed by atoms with Gasteiger partial charge < -0.3 is 14.4 Å². The first-order valence-electron chi connectivity index (χ1n) is 22.9. The van der Waals surface area contributed by atoms with Crippen molar-refractivity contribution in [2.24, 2.45) is 47.3 Å². The van der Waals surface area contributed by atoms with Gasteiger partial charge in [0.05, 0.1) is 19.8 Å². The predicted molar refractivity (Wildman–Crippen MR) is 230 cm³/mol. The Morgan fingerprint density at radius 2 is 0.774 bits per heavy atom. The number of hydrogen-bond donors (Lipinski definition) is 1. The van der Waals surface area contributed by atoms with E-state index in [1.54, 1.807) is 0 Å². The largest absolute Gasteiger partial charge is 0.472 e. The summed E-state index contributed by atoms with van der Waals surface area (Å²) in [5.41, 5.74) is 0. The lowest BCUT2D eigenvalue weighted by atomic mass is 9.91. The summed E-state index contributed by atoms with van der Waals surface area (Å²) in [5, 5.41) is 0. The Labute approximate surface area is 332 Å². The number of phosphoric acid groups is 1. The van der Waals surface area contributed by atoms with Crippen molar-refractivity contribution in [2.75, 3.05) is 33.0 Å². The smallest absolute Gasteiger partial charge is 0.379 e. The van der Waals surface area contributed by atoms with E-state index in [0.29, 0.717) is 38.1 Å². The van der Waals surface area contributed by atoms with E-state index in [1.807, 2.05) is 6.92 Å². The van der Waals surface area contributed by atoms with Gasteiger partial charge in [-0.2, -0.15) is 0 Å². The summed E-state index contributed by atoms with van der Waals surface area (Å²) in [5.74, 6) is 6.18. The van der Waals surface area contributed by atoms with Crippen LogP contribution in [0, 0.1) is 47.3 Å². The Hall–Kier alpha value is 0.0300. The van der Waals surface area contributed by atoms with Gasteiger partial charge in [-0.05, 0) is 66.6 Å². The highest BCUT2D eigenvalue weighted by atomic mass is 31.2. The summed E-state index contributed by atoms with van der Waals surface area (Å²) >= 11 is 0. The summed E-state index contributed by atoms with van der Waals surface area (Å²) in [6.45, 7) is 27.4. The van der Waals surface area contributed by atoms with Gasteiger partial charge in [0.25, 0.3) is 0 Å². The standard InChI is InChI=1S/C46H95O6P/c1-12-33-51-53(47,48)52-37-46(50-35-32-45(11)30-18-28-43(9)26-16-24-41(7)22-14-20-39(4)5)36-49-34-31-44(10)29-17-27-42(8)25-15-23-40(6)21-13-19-38(2)3/h38-46H,12-37H2,1-11H3,(H,47,48)/t40?,41?,42?,43?,44?,45?,46-/m1/s1. The van der Waals surface area contributed by atoms with Gasteiger partial charge in [0.15, 0.2) is 0 Å². The third kappa shape index (κ3) is 36.1. The third-order valence-corrected chi connectivity index (χ3v) is 12.4. The molecule has 0 saturated heterocycles. The molecule has 0 aliphatic rings. The van der Waals surface area contributed by atoms with Gasteiger partial charge in [0, 0.05) is 13.2 Å². The van der Waals surface area contributed by atoms with Crippen molar-refractivity contribution in [3.05, 3.63) is 0 Å². The molecule has 53 heavy (non-hydrogen) atoms. The molecule has 0 aromatic rings. The average molecular weight is 775 g/mol. The third-order valence-electron chi connectivity index (χ3n) is 11.4. The summed E-state index contributed by atoms with van der Waals surface area (Å²) < 4.78 is 35.0. The van der Waals surface area contributed by atoms with Crippen LogP contribution < -0.4 is 0 Å². The maximum Gasteiger partial charge on any atom is 0.472 e. The Kier molecular flexibility index (Phi) is 34.1. The lowest BCUT2D eigenvalue weighted by molar-refractivity contribution is -0.0475. The van der Waals surface area contributed by atoms with E-state index < -0.39 is 13.9 Å². The second kappa shape index (κ2) is 34.1. The molecule has 0 radical (unpaired) electrons. The lowest BCUT2D eigenvalue weighted by Crippen LogP contribution is -2.27. The minimum absolute atomic E-state index is 0.0100. The van der Waals surface area contributed by atoms with Crippen molar-refractivity contribution < 1.29 is 28.0 Å². The fourth-order valence-corrected chi connectivity index (χ4v) is 8.22. The summed E-state index contributed by atoms with van der Waals surface area (Å²) in [6.07, 6.45) is 26.3. The van der Waals surface area contributed by atoms with Crippen LogP contribution in [0.15, 0.2) is 0 Å². The van der Waals surface area contributed by atoms with Crippen molar-refractivity contribution in [2.45, 2.75) is 217 Å². The van der Waals surface area contributed by atoms with Gasteiger partial charge >= 0.3 is 7.82 Å². The van der Waals surface area contributed by atoms with Gasteiger partial charge in [-0.1, -0.05) is 192 Å². The van der Waals surface area contributed by atoms with Gasteiger partial charge in [-0.3, -0.25) is 9.05 Å². The molecule has 7 unspecified atom stereocenters. The second-order valence-electron chi connectivity index (χ2n) is 18.7. The molecule has 0 aliphatic carbocycles. The normalized spacial score (nSPS) is 17.5. The SMILES string of the molecule is CCCOP(=O)(O)OC[C@@H](COCCC(C)CCCC(C)CCCC(C)CCCC(C)C)OCCC(C)CCCC(C)CCCC(C)CCCC(C)C. The quantitative estimate of drug-likeness (QED) is 0.0495. The minimum atomic E-state index is -4.09. The molecule has 0 bridgehead atoms. The molecule has 1 N–H and O–H groups in total. The number of rotatable bonds is 39. The molecule has 0 fully saturated rings. The van der Waals surface area contributed by atoms with Crippen molar-refractivity contribution in [3.63, 3.8) is 0 Å². The van der Waals surface area contributed by atoms with E-state index in [2.05, 4.69) is 69.2 Å². The van der Waals surface area contributed by atoms with E-state index in [1.165, 1.54) is 116 Å². The summed E-state index contributed by atoms with van der Waals surface area (Å²) in [4.78, 5) is 10.1. The highest BCUT2D eigenvalue weighted by Crippen LogP contribution is 2.43. The number of phosphoric ester groups is 1. The number of hydrogen-bond acceptors (Lipinski definition) is 5. The topological polar surface area (TPSA) is 74.2 Å². The molecule has 320 valence electrons. The first kappa shape index (κ1) is 53.0. The highest BCUT2D eigenvalue weighted by Gasteiger charge is 2.24. The molecule has 6 nitrogen and oxygen atoms in total. The van der Waals surface area contributed by atoms with E-state index in [4.69, 9.17) is 18.5 Å². The second-order valence-corrected chi connectivity index (χ2v) is 20.2. The molecule has 0 heterocycles. The molecule has 0 spiro atoms. The fraction of sp³-hybridized carbons (Fsp3) is 1.00. The van der Waals surface area contributed by atoms with Gasteiger partial charge in [0.2, 0.25) is 0 Å². The van der Waals surface area contributed by atoms with Gasteiger partial charge in [-0.15, -0.1) is 0 Å². The summed E-state index contributed by atoms with van der Waals surface area (Å²) in [7, 11) is -4.09. The van der Waals surface area contributed by atoms with Crippen LogP contribution in [0.1, 0.15) is 211 Å². The number of ether oxygens (including phenoxy) is 2. The van der Waals surface area contributed by atoms with Gasteiger partial charge in [0.1, 0.15) is 6.10 Å². The maximum atomic E-state index is 12.3. The maximum absolute atomic E-state index is 12.3. The van der Waals surface area contributed by atoms with E-state index in [9.17, 15) is 9.46 Å². The molecular formula is C46H95O6P. The molecule has 0 saturated carbocycles. The summed E-state index contributed by atoms with van der Waals surface area (Å²) in [6, 6.07) is 0. The molecule has 0 rings (SSSR count). The molecule has 0 aromatic carbocycles.